The maximum atomic E-state index is 17.0. The lowest BCUT2D eigenvalue weighted by molar-refractivity contribution is -0.00000692. The lowest BCUT2D eigenvalue weighted by Crippen LogP contribution is -3.00. The van der Waals surface area contributed by atoms with Crippen LogP contribution in [0.15, 0.2) is 0 Å². The Labute approximate surface area is 191 Å². The molecule has 0 saturated heterocycles. The molecule has 0 radical (unpaired) electrons. The molecular weight excluding hydrogens is 417 g/mol. The summed E-state index contributed by atoms with van der Waals surface area (Å²) in [6, 6.07) is 0. The van der Waals surface area contributed by atoms with Crippen LogP contribution in [0.1, 0.15) is 119 Å². The number of halogens is 2. The summed E-state index contributed by atoms with van der Waals surface area (Å²) in [5.74, 6) is 0. The van der Waals surface area contributed by atoms with Crippen LogP contribution >= 0.6 is 14.1 Å². The van der Waals surface area contributed by atoms with E-state index in [2.05, 4.69) is 41.5 Å². The van der Waals surface area contributed by atoms with Crippen molar-refractivity contribution in [1.82, 2.24) is 0 Å². The highest BCUT2D eigenvalue weighted by Crippen LogP contribution is 2.70. The normalized spacial score (nSPS) is 12.1. The highest BCUT2D eigenvalue weighted by Gasteiger charge is 2.45. The maximum Gasteiger partial charge on any atom is 0.230 e. The fraction of sp³-hybridized carbons (Fsp3) is 0.960. The summed E-state index contributed by atoms with van der Waals surface area (Å²) < 4.78 is 17.0. The van der Waals surface area contributed by atoms with Gasteiger partial charge >= 0.3 is 0 Å². The molecule has 4 heteroatoms. The molecule has 0 saturated carbocycles. The van der Waals surface area contributed by atoms with Crippen molar-refractivity contribution in [3.63, 3.8) is 0 Å². The second kappa shape index (κ2) is 19.6. The summed E-state index contributed by atoms with van der Waals surface area (Å²) in [6.45, 7) is 12.2. The Kier molecular flexibility index (Phi) is 21.7. The molecule has 0 aliphatic carbocycles. The second-order valence-corrected chi connectivity index (χ2v) is 17.4. The number of hydrogen-bond acceptors (Lipinski definition) is 0. The summed E-state index contributed by atoms with van der Waals surface area (Å²) in [6.07, 6.45) is 22.0. The van der Waals surface area contributed by atoms with Crippen molar-refractivity contribution in [2.45, 2.75) is 119 Å². The predicted octanol–water partition coefficient (Wildman–Crippen LogP) is 6.88. The minimum atomic E-state index is -1.58. The molecule has 0 amide bonds. The molecule has 0 fully saturated rings. The number of hydrogen-bond donors (Lipinski definition) is 0. The van der Waals surface area contributed by atoms with Gasteiger partial charge in [0.25, 0.3) is 0 Å². The first-order valence-corrected chi connectivity index (χ1v) is 17.5. The molecule has 0 unspecified atom stereocenters. The number of unbranched alkanes of at least 4 members (excludes halogenated alkanes) is 6. The fourth-order valence-corrected chi connectivity index (χ4v) is 17.8. The summed E-state index contributed by atoms with van der Waals surface area (Å²) in [5, 5.41) is 0.672. The van der Waals surface area contributed by atoms with E-state index in [1.807, 2.05) is 0 Å². The van der Waals surface area contributed by atoms with Gasteiger partial charge in [-0.15, -0.1) is 0 Å². The van der Waals surface area contributed by atoms with Gasteiger partial charge in [-0.25, -0.2) is 0 Å². The summed E-state index contributed by atoms with van der Waals surface area (Å²) >= 11 is 0. The molecule has 0 aromatic carbocycles. The van der Waals surface area contributed by atoms with Gasteiger partial charge in [-0.05, 0) is 63.9 Å². The number of rotatable bonds is 19. The van der Waals surface area contributed by atoms with Gasteiger partial charge in [-0.3, -0.25) is 0 Å². The quantitative estimate of drug-likeness (QED) is 0.180. The Morgan fingerprint density at radius 2 is 0.828 bits per heavy atom. The Morgan fingerprint density at radius 3 is 1.07 bits per heavy atom. The summed E-state index contributed by atoms with van der Waals surface area (Å²) in [7, 11) is -1.58. The smallest absolute Gasteiger partial charge is 0.230 e. The molecule has 0 atom stereocenters. The van der Waals surface area contributed by atoms with Crippen molar-refractivity contribution in [3.05, 3.63) is 0 Å². The first kappa shape index (κ1) is 32.1. The fourth-order valence-electron chi connectivity index (χ4n) is 4.44. The molecule has 0 heterocycles. The van der Waals surface area contributed by atoms with Crippen molar-refractivity contribution in [1.29, 1.82) is 0 Å². The zero-order valence-corrected chi connectivity index (χ0v) is 23.4. The predicted molar refractivity (Wildman–Crippen MR) is 139 cm³/mol. The van der Waals surface area contributed by atoms with Crippen LogP contribution in [0.3, 0.4) is 0 Å². The molecule has 0 rings (SSSR count). The van der Waals surface area contributed by atoms with Gasteiger partial charge in [-0.1, -0.05) is 80.1 Å². The molecule has 0 aromatic rings. The van der Waals surface area contributed by atoms with E-state index < -0.39 is 14.1 Å². The van der Waals surface area contributed by atoms with E-state index in [9.17, 15) is 0 Å². The second-order valence-electron chi connectivity index (χ2n) is 9.02. The SMILES string of the molecule is CCCCP(CCCC)(CCCC)=C(F)[P+](CCCC)(CCCC)CCCC.[Cl-]. The Hall–Kier alpha value is 0.950. The molecule has 0 aliphatic rings. The van der Waals surface area contributed by atoms with Crippen LogP contribution in [0, 0.1) is 0 Å². The molecule has 0 spiro atoms. The van der Waals surface area contributed by atoms with Gasteiger partial charge in [0.2, 0.25) is 5.29 Å². The lowest BCUT2D eigenvalue weighted by atomic mass is 10.4. The Bertz CT molecular complexity index is 373. The minimum Gasteiger partial charge on any atom is -1.00 e. The van der Waals surface area contributed by atoms with Crippen LogP contribution in [-0.4, -0.2) is 42.3 Å². The standard InChI is InChI=1S/C25H54FP2.ClH/c1-7-13-19-27(20-14-8-2,21-15-9-3)25(26)28(22-16-10-4,23-17-11-5)24-18-12-6;/h7-24H2,1-6H3;1H/q+1;/p-1. The molecule has 0 nitrogen and oxygen atoms in total. The summed E-state index contributed by atoms with van der Waals surface area (Å²) in [4.78, 5) is 0. The zero-order valence-electron chi connectivity index (χ0n) is 20.9. The van der Waals surface area contributed by atoms with Crippen molar-refractivity contribution in [3.8, 4) is 0 Å². The van der Waals surface area contributed by atoms with Crippen LogP contribution in [0.2, 0.25) is 0 Å². The third-order valence-electron chi connectivity index (χ3n) is 6.42. The topological polar surface area (TPSA) is 0 Å². The van der Waals surface area contributed by atoms with Crippen LogP contribution < -0.4 is 12.4 Å². The van der Waals surface area contributed by atoms with E-state index in [-0.39, 0.29) is 12.4 Å². The van der Waals surface area contributed by atoms with Crippen molar-refractivity contribution in [2.24, 2.45) is 0 Å². The van der Waals surface area contributed by atoms with Crippen LogP contribution in [0.25, 0.3) is 0 Å². The van der Waals surface area contributed by atoms with E-state index in [0.717, 1.165) is 0 Å². The van der Waals surface area contributed by atoms with Crippen LogP contribution in [-0.2, 0) is 0 Å². The van der Waals surface area contributed by atoms with Crippen molar-refractivity contribution >= 4 is 19.4 Å². The van der Waals surface area contributed by atoms with Gasteiger partial charge in [0.15, 0.2) is 0 Å². The maximum absolute atomic E-state index is 17.0. The first-order chi connectivity index (χ1) is 13.5. The van der Waals surface area contributed by atoms with Crippen LogP contribution in [0.4, 0.5) is 4.39 Å². The molecule has 0 N–H and O–H groups in total. The highest BCUT2D eigenvalue weighted by molar-refractivity contribution is 8.03. The van der Waals surface area contributed by atoms with Crippen molar-refractivity contribution < 1.29 is 16.8 Å². The van der Waals surface area contributed by atoms with Gasteiger partial charge in [0.1, 0.15) is 0 Å². The van der Waals surface area contributed by atoms with E-state index >= 15 is 4.39 Å². The monoisotopic (exact) mass is 470 g/mol. The lowest BCUT2D eigenvalue weighted by Gasteiger charge is -2.34. The van der Waals surface area contributed by atoms with E-state index in [4.69, 9.17) is 0 Å². The minimum absolute atomic E-state index is 0. The zero-order chi connectivity index (χ0) is 21.3. The third-order valence-corrected chi connectivity index (χ3v) is 17.6. The Balaban J connectivity index is 0. The molecule has 178 valence electrons. The Morgan fingerprint density at radius 1 is 0.552 bits per heavy atom. The molecule has 0 aliphatic heterocycles. The first-order valence-electron chi connectivity index (χ1n) is 12.8. The molecular formula is C25H54ClFP2. The summed E-state index contributed by atoms with van der Waals surface area (Å²) in [5.41, 5.74) is 0. The largest absolute Gasteiger partial charge is 1.00 e. The average Bonchev–Trinajstić information content (AvgIpc) is 2.73. The highest BCUT2D eigenvalue weighted by atomic mass is 35.5. The van der Waals surface area contributed by atoms with E-state index in [1.54, 1.807) is 0 Å². The van der Waals surface area contributed by atoms with E-state index in [1.165, 1.54) is 114 Å². The molecule has 0 bridgehead atoms. The van der Waals surface area contributed by atoms with Gasteiger partial charge < -0.3 is 12.4 Å². The van der Waals surface area contributed by atoms with Crippen molar-refractivity contribution in [2.75, 3.05) is 37.0 Å². The molecule has 29 heavy (non-hydrogen) atoms. The van der Waals surface area contributed by atoms with E-state index in [0.29, 0.717) is 5.29 Å². The molecule has 0 aromatic heterocycles. The van der Waals surface area contributed by atoms with Crippen LogP contribution in [0.5, 0.6) is 0 Å². The third kappa shape index (κ3) is 11.4. The van der Waals surface area contributed by atoms with Gasteiger partial charge in [0, 0.05) is 0 Å². The van der Waals surface area contributed by atoms with Gasteiger partial charge in [0.05, 0.1) is 25.7 Å². The van der Waals surface area contributed by atoms with Gasteiger partial charge in [-0.2, -0.15) is 4.39 Å². The average molecular weight is 471 g/mol.